The number of benzene rings is 1. The van der Waals surface area contributed by atoms with Crippen LogP contribution in [0.3, 0.4) is 0 Å². The Bertz CT molecular complexity index is 527. The first-order chi connectivity index (χ1) is 9.19. The predicted molar refractivity (Wildman–Crippen MR) is 70.1 cm³/mol. The van der Waals surface area contributed by atoms with Crippen molar-refractivity contribution in [3.8, 4) is 6.07 Å². The van der Waals surface area contributed by atoms with E-state index in [1.165, 1.54) is 7.11 Å². The Labute approximate surface area is 116 Å². The molecule has 0 saturated carbocycles. The molecule has 0 amide bonds. The lowest BCUT2D eigenvalue weighted by Gasteiger charge is -2.35. The lowest BCUT2D eigenvalue weighted by atomic mass is 10.1. The van der Waals surface area contributed by atoms with Gasteiger partial charge in [-0.05, 0) is 12.1 Å². The summed E-state index contributed by atoms with van der Waals surface area (Å²) in [5.41, 5.74) is 0.994. The van der Waals surface area contributed by atoms with Crippen LogP contribution in [0.4, 0.5) is 5.69 Å². The van der Waals surface area contributed by atoms with Crippen molar-refractivity contribution >= 4 is 23.3 Å². The predicted octanol–water partition coefficient (Wildman–Crippen LogP) is 1.59. The lowest BCUT2D eigenvalue weighted by Crippen LogP contribution is -2.50. The van der Waals surface area contributed by atoms with Gasteiger partial charge in [0.15, 0.2) is 6.04 Å². The van der Waals surface area contributed by atoms with Gasteiger partial charge in [0.25, 0.3) is 0 Å². The van der Waals surface area contributed by atoms with E-state index in [1.807, 2.05) is 0 Å². The maximum Gasteiger partial charge on any atom is 0.330 e. The molecule has 5 nitrogen and oxygen atoms in total. The summed E-state index contributed by atoms with van der Waals surface area (Å²) in [5.74, 6) is -0.386. The number of nitriles is 1. The zero-order valence-corrected chi connectivity index (χ0v) is 11.2. The van der Waals surface area contributed by atoms with Gasteiger partial charge in [-0.15, -0.1) is 0 Å². The number of anilines is 1. The van der Waals surface area contributed by atoms with E-state index in [0.717, 1.165) is 0 Å². The molecule has 1 unspecified atom stereocenters. The third kappa shape index (κ3) is 2.65. The van der Waals surface area contributed by atoms with Gasteiger partial charge in [-0.1, -0.05) is 17.7 Å². The zero-order chi connectivity index (χ0) is 13.8. The smallest absolute Gasteiger partial charge is 0.330 e. The van der Waals surface area contributed by atoms with Crippen LogP contribution in [-0.2, 0) is 14.3 Å². The van der Waals surface area contributed by atoms with Crippen molar-refractivity contribution < 1.29 is 14.3 Å². The molecule has 1 fully saturated rings. The summed E-state index contributed by atoms with van der Waals surface area (Å²) in [6, 6.07) is 6.69. The number of hydrogen-bond acceptors (Lipinski definition) is 5. The number of ether oxygens (including phenoxy) is 2. The molecule has 0 aliphatic carbocycles. The highest BCUT2D eigenvalue weighted by atomic mass is 35.5. The molecular weight excluding hydrogens is 268 g/mol. The van der Waals surface area contributed by atoms with Gasteiger partial charge in [-0.25, -0.2) is 4.79 Å². The van der Waals surface area contributed by atoms with Crippen LogP contribution in [0.2, 0.25) is 5.02 Å². The first-order valence-electron chi connectivity index (χ1n) is 5.80. The standard InChI is InChI=1S/C13H13ClN2O3/c1-18-13(17)12-8-19-6-5-16(12)11-4-2-3-10(14)9(11)7-15/h2-4,12H,5-6,8H2,1H3. The average Bonchev–Trinajstić information content (AvgIpc) is 2.46. The van der Waals surface area contributed by atoms with Crippen LogP contribution in [0.15, 0.2) is 18.2 Å². The van der Waals surface area contributed by atoms with Gasteiger partial charge < -0.3 is 14.4 Å². The number of hydrogen-bond donors (Lipinski definition) is 0. The van der Waals surface area contributed by atoms with Gasteiger partial charge >= 0.3 is 5.97 Å². The molecule has 0 spiro atoms. The summed E-state index contributed by atoms with van der Waals surface area (Å²) in [6.45, 7) is 1.24. The van der Waals surface area contributed by atoms with Crippen molar-refractivity contribution in [2.45, 2.75) is 6.04 Å². The van der Waals surface area contributed by atoms with E-state index in [2.05, 4.69) is 6.07 Å². The van der Waals surface area contributed by atoms with Crippen LogP contribution in [0, 0.1) is 11.3 Å². The molecule has 1 aromatic rings. The fraction of sp³-hybridized carbons (Fsp3) is 0.385. The second-order valence-electron chi connectivity index (χ2n) is 4.05. The van der Waals surface area contributed by atoms with E-state index in [9.17, 15) is 10.1 Å². The van der Waals surface area contributed by atoms with Crippen LogP contribution in [-0.4, -0.2) is 38.9 Å². The van der Waals surface area contributed by atoms with Crippen LogP contribution >= 0.6 is 11.6 Å². The van der Waals surface area contributed by atoms with E-state index < -0.39 is 6.04 Å². The van der Waals surface area contributed by atoms with Crippen molar-refractivity contribution in [2.75, 3.05) is 31.8 Å². The van der Waals surface area contributed by atoms with E-state index in [4.69, 9.17) is 21.1 Å². The first kappa shape index (κ1) is 13.7. The van der Waals surface area contributed by atoms with Crippen LogP contribution in [0.25, 0.3) is 0 Å². The Morgan fingerprint density at radius 3 is 3.11 bits per heavy atom. The molecule has 1 saturated heterocycles. The highest BCUT2D eigenvalue weighted by molar-refractivity contribution is 6.32. The number of carbonyl (C=O) groups is 1. The minimum absolute atomic E-state index is 0.240. The monoisotopic (exact) mass is 280 g/mol. The molecule has 0 aromatic heterocycles. The average molecular weight is 281 g/mol. The summed E-state index contributed by atoms with van der Waals surface area (Å²) in [4.78, 5) is 13.6. The molecule has 1 atom stereocenters. The maximum absolute atomic E-state index is 11.8. The Balaban J connectivity index is 2.41. The van der Waals surface area contributed by atoms with Gasteiger partial charge in [0.05, 0.1) is 36.6 Å². The third-order valence-corrected chi connectivity index (χ3v) is 3.33. The highest BCUT2D eigenvalue weighted by Gasteiger charge is 2.32. The van der Waals surface area contributed by atoms with Gasteiger partial charge in [0.1, 0.15) is 6.07 Å². The second-order valence-corrected chi connectivity index (χ2v) is 4.46. The summed E-state index contributed by atoms with van der Waals surface area (Å²) >= 11 is 6.01. The summed E-state index contributed by atoms with van der Waals surface area (Å²) in [5, 5.41) is 9.57. The number of carbonyl (C=O) groups excluding carboxylic acids is 1. The molecule has 1 aliphatic heterocycles. The van der Waals surface area contributed by atoms with Gasteiger partial charge in [-0.3, -0.25) is 0 Å². The van der Waals surface area contributed by atoms with Crippen LogP contribution < -0.4 is 4.90 Å². The maximum atomic E-state index is 11.8. The third-order valence-electron chi connectivity index (χ3n) is 3.01. The van der Waals surface area contributed by atoms with E-state index in [1.54, 1.807) is 23.1 Å². The van der Waals surface area contributed by atoms with Crippen molar-refractivity contribution in [3.63, 3.8) is 0 Å². The van der Waals surface area contributed by atoms with Crippen molar-refractivity contribution in [1.29, 1.82) is 5.26 Å². The van der Waals surface area contributed by atoms with Crippen molar-refractivity contribution in [3.05, 3.63) is 28.8 Å². The molecule has 6 heteroatoms. The van der Waals surface area contributed by atoms with Crippen molar-refractivity contribution in [2.24, 2.45) is 0 Å². The molecule has 0 bridgehead atoms. The molecular formula is C13H13ClN2O3. The molecule has 100 valence electrons. The molecule has 19 heavy (non-hydrogen) atoms. The van der Waals surface area contributed by atoms with Gasteiger partial charge in [0, 0.05) is 6.54 Å². The van der Waals surface area contributed by atoms with Crippen molar-refractivity contribution in [1.82, 2.24) is 0 Å². The van der Waals surface area contributed by atoms with E-state index >= 15 is 0 Å². The van der Waals surface area contributed by atoms with E-state index in [-0.39, 0.29) is 12.6 Å². The molecule has 1 heterocycles. The SMILES string of the molecule is COC(=O)C1COCCN1c1cccc(Cl)c1C#N. The topological polar surface area (TPSA) is 62.6 Å². The summed E-state index contributed by atoms with van der Waals surface area (Å²) in [6.07, 6.45) is 0. The normalized spacial score (nSPS) is 18.8. The Morgan fingerprint density at radius 2 is 2.42 bits per heavy atom. The fourth-order valence-electron chi connectivity index (χ4n) is 2.09. The number of morpholine rings is 1. The number of halogens is 1. The number of nitrogens with zero attached hydrogens (tertiary/aromatic N) is 2. The number of rotatable bonds is 2. The number of methoxy groups -OCH3 is 1. The largest absolute Gasteiger partial charge is 0.467 e. The molecule has 0 N–H and O–H groups in total. The van der Waals surface area contributed by atoms with E-state index in [0.29, 0.717) is 29.4 Å². The Kier molecular flexibility index (Phi) is 4.25. The molecule has 0 radical (unpaired) electrons. The minimum atomic E-state index is -0.552. The Hall–Kier alpha value is -1.77. The van der Waals surface area contributed by atoms with Crippen LogP contribution in [0.5, 0.6) is 0 Å². The minimum Gasteiger partial charge on any atom is -0.467 e. The molecule has 2 rings (SSSR count). The quantitative estimate of drug-likeness (QED) is 0.770. The highest BCUT2D eigenvalue weighted by Crippen LogP contribution is 2.29. The fourth-order valence-corrected chi connectivity index (χ4v) is 2.30. The Morgan fingerprint density at radius 1 is 1.63 bits per heavy atom. The summed E-state index contributed by atoms with van der Waals surface area (Å²) < 4.78 is 10.1. The summed E-state index contributed by atoms with van der Waals surface area (Å²) in [7, 11) is 1.33. The lowest BCUT2D eigenvalue weighted by molar-refractivity contribution is -0.144. The van der Waals surface area contributed by atoms with Gasteiger partial charge in [0.2, 0.25) is 0 Å². The number of esters is 1. The molecule has 1 aromatic carbocycles. The first-order valence-corrected chi connectivity index (χ1v) is 6.17. The van der Waals surface area contributed by atoms with Gasteiger partial charge in [-0.2, -0.15) is 5.26 Å². The van der Waals surface area contributed by atoms with Crippen LogP contribution in [0.1, 0.15) is 5.56 Å². The zero-order valence-electron chi connectivity index (χ0n) is 10.4. The molecule has 1 aliphatic rings. The second kappa shape index (κ2) is 5.91.